The van der Waals surface area contributed by atoms with Gasteiger partial charge in [-0.1, -0.05) is 236 Å². The highest BCUT2D eigenvalue weighted by atomic mass is 16.3. The predicted molar refractivity (Wildman–Crippen MR) is 393 cm³/mol. The van der Waals surface area contributed by atoms with E-state index >= 15 is 0 Å². The molecule has 0 saturated carbocycles. The van der Waals surface area contributed by atoms with Gasteiger partial charge in [-0.3, -0.25) is 0 Å². The van der Waals surface area contributed by atoms with E-state index in [2.05, 4.69) is 323 Å². The third-order valence-electron chi connectivity index (χ3n) is 22.0. The van der Waals surface area contributed by atoms with E-state index in [1.165, 1.54) is 94.8 Å². The minimum Gasteiger partial charge on any atom is -0.456 e. The van der Waals surface area contributed by atoms with Crippen LogP contribution in [-0.4, -0.2) is 6.71 Å². The number of para-hydroxylation sites is 1. The predicted octanol–water partition coefficient (Wildman–Crippen LogP) is 22.7. The largest absolute Gasteiger partial charge is 0.456 e. The smallest absolute Gasteiger partial charge is 0.252 e. The molecule has 5 heteroatoms. The van der Waals surface area contributed by atoms with E-state index in [1.54, 1.807) is 0 Å². The van der Waals surface area contributed by atoms with E-state index in [1.807, 2.05) is 0 Å². The second-order valence-corrected chi connectivity index (χ2v) is 34.4. The van der Waals surface area contributed by atoms with Gasteiger partial charge >= 0.3 is 0 Å². The van der Waals surface area contributed by atoms with E-state index < -0.39 is 0 Å². The Morgan fingerprint density at radius 1 is 0.407 bits per heavy atom. The maximum absolute atomic E-state index is 7.38. The average Bonchev–Trinajstić information content (AvgIpc) is 0.991. The number of nitrogens with zero attached hydrogens (tertiary/aromatic N) is 3. The summed E-state index contributed by atoms with van der Waals surface area (Å²) in [7, 11) is 0. The van der Waals surface area contributed by atoms with E-state index in [4.69, 9.17) is 4.42 Å². The zero-order valence-electron chi connectivity index (χ0n) is 58.3. The fourth-order valence-corrected chi connectivity index (χ4v) is 16.1. The minimum atomic E-state index is -0.167. The number of fused-ring (bicyclic) bond motifs is 10. The number of furan rings is 1. The molecule has 9 aromatic carbocycles. The van der Waals surface area contributed by atoms with Crippen LogP contribution in [0.1, 0.15) is 209 Å². The van der Waals surface area contributed by atoms with Gasteiger partial charge in [0.1, 0.15) is 11.2 Å². The van der Waals surface area contributed by atoms with Crippen molar-refractivity contribution in [2.75, 3.05) is 14.7 Å². The van der Waals surface area contributed by atoms with E-state index in [0.29, 0.717) is 0 Å². The van der Waals surface area contributed by atoms with Crippen molar-refractivity contribution in [1.82, 2.24) is 0 Å². The second kappa shape index (κ2) is 20.4. The van der Waals surface area contributed by atoms with Crippen LogP contribution in [0.25, 0.3) is 33.1 Å². The monoisotopic (exact) mass is 1200 g/mol. The van der Waals surface area contributed by atoms with Gasteiger partial charge in [0, 0.05) is 50.6 Å². The molecule has 91 heavy (non-hydrogen) atoms. The molecule has 0 atom stereocenters. The zero-order valence-corrected chi connectivity index (χ0v) is 58.3. The Morgan fingerprint density at radius 2 is 0.934 bits per heavy atom. The Morgan fingerprint density at radius 3 is 1.49 bits per heavy atom. The first-order valence-corrected chi connectivity index (χ1v) is 33.9. The van der Waals surface area contributed by atoms with Crippen molar-refractivity contribution in [3.05, 3.63) is 214 Å². The Labute approximate surface area is 545 Å². The zero-order chi connectivity index (χ0) is 64.7. The second-order valence-electron chi connectivity index (χ2n) is 34.4. The van der Waals surface area contributed by atoms with Crippen LogP contribution >= 0.6 is 0 Å². The van der Waals surface area contributed by atoms with Gasteiger partial charge in [-0.25, -0.2) is 0 Å². The van der Waals surface area contributed by atoms with Crippen molar-refractivity contribution in [3.63, 3.8) is 0 Å². The van der Waals surface area contributed by atoms with E-state index in [0.717, 1.165) is 76.1 Å². The summed E-state index contributed by atoms with van der Waals surface area (Å²) in [5.74, 6) is 0. The molecule has 0 bridgehead atoms. The molecule has 0 unspecified atom stereocenters. The highest BCUT2D eigenvalue weighted by molar-refractivity contribution is 7.00. The van der Waals surface area contributed by atoms with E-state index in [-0.39, 0.29) is 50.0 Å². The van der Waals surface area contributed by atoms with Gasteiger partial charge in [-0.2, -0.15) is 0 Å². The standard InChI is InChI=1S/C86H96BN3O/c1-79(2,3)54-29-34-57(35-30-54)88(58-36-31-55(32-37-58)80(4,5)6)60-49-72-76-73(50-60)90(70-41-33-56(81(7,8)9)47-62(70)53-25-22-21-23-26-53)77-68(40-42-74-75(77)61-27-24-28-64(78(61)91-74)82(10,11)12)87(76)69-51-66-67(86(19,20)46-45-85(66,17)18)52-71(69)89(72)59-38-39-63-65(48-59)84(15,16)44-43-83(63,13)14/h21-42,47-52H,43-46H2,1-20H3. The van der Waals surface area contributed by atoms with Crippen LogP contribution in [0, 0.1) is 0 Å². The summed E-state index contributed by atoms with van der Waals surface area (Å²) in [6.07, 6.45) is 4.53. The summed E-state index contributed by atoms with van der Waals surface area (Å²) in [6, 6.07) is 67.2. The number of benzene rings is 9. The fourth-order valence-electron chi connectivity index (χ4n) is 16.1. The molecule has 0 radical (unpaired) electrons. The molecule has 10 aromatic rings. The lowest BCUT2D eigenvalue weighted by molar-refractivity contribution is 0.332. The third kappa shape index (κ3) is 9.90. The van der Waals surface area contributed by atoms with Crippen molar-refractivity contribution in [3.8, 4) is 11.1 Å². The molecular weight excluding hydrogens is 1100 g/mol. The molecule has 4 nitrogen and oxygen atoms in total. The third-order valence-corrected chi connectivity index (χ3v) is 22.0. The molecule has 2 aliphatic carbocycles. The van der Waals surface area contributed by atoms with Crippen LogP contribution in [0.15, 0.2) is 174 Å². The quantitative estimate of drug-likeness (QED) is 0.155. The van der Waals surface area contributed by atoms with Gasteiger partial charge in [0.05, 0.1) is 22.4 Å². The summed E-state index contributed by atoms with van der Waals surface area (Å²) in [4.78, 5) is 7.99. The van der Waals surface area contributed by atoms with Gasteiger partial charge in [-0.05, 0) is 203 Å². The summed E-state index contributed by atoms with van der Waals surface area (Å²) in [6.45, 7) is 47.6. The van der Waals surface area contributed by atoms with Crippen LogP contribution in [0.2, 0.25) is 0 Å². The van der Waals surface area contributed by atoms with Gasteiger partial charge in [0.15, 0.2) is 0 Å². The summed E-state index contributed by atoms with van der Waals surface area (Å²) < 4.78 is 7.38. The summed E-state index contributed by atoms with van der Waals surface area (Å²) in [5.41, 5.74) is 29.2. The molecule has 14 rings (SSSR count). The first-order chi connectivity index (χ1) is 42.6. The number of hydrogen-bond donors (Lipinski definition) is 0. The van der Waals surface area contributed by atoms with Crippen LogP contribution in [0.4, 0.5) is 51.2 Å². The molecule has 3 heterocycles. The number of rotatable bonds is 6. The van der Waals surface area contributed by atoms with Crippen LogP contribution < -0.4 is 31.1 Å². The highest BCUT2D eigenvalue weighted by Crippen LogP contribution is 2.56. The molecule has 0 N–H and O–H groups in total. The van der Waals surface area contributed by atoms with Crippen molar-refractivity contribution < 1.29 is 4.42 Å². The molecule has 0 fully saturated rings. The lowest BCUT2D eigenvalue weighted by atomic mass is 9.33. The molecular formula is C86H96BN3O. The molecule has 0 spiro atoms. The Hall–Kier alpha value is -7.76. The van der Waals surface area contributed by atoms with Crippen LogP contribution in [0.5, 0.6) is 0 Å². The number of anilines is 9. The fraction of sp³-hybridized carbons (Fsp3) is 0.372. The van der Waals surface area contributed by atoms with Gasteiger partial charge in [0.25, 0.3) is 6.71 Å². The Bertz CT molecular complexity index is 4500. The Kier molecular flexibility index (Phi) is 13.6. The topological polar surface area (TPSA) is 22.9 Å². The van der Waals surface area contributed by atoms with Crippen LogP contribution in [-0.2, 0) is 43.3 Å². The first-order valence-electron chi connectivity index (χ1n) is 33.9. The first kappa shape index (κ1) is 60.8. The van der Waals surface area contributed by atoms with Crippen molar-refractivity contribution in [1.29, 1.82) is 0 Å². The van der Waals surface area contributed by atoms with Crippen LogP contribution in [0.3, 0.4) is 0 Å². The Balaban J connectivity index is 1.20. The normalized spacial score (nSPS) is 17.1. The lowest BCUT2D eigenvalue weighted by Gasteiger charge is -2.48. The SMILES string of the molecule is CC(C)(C)c1ccc(N(c2ccc(C(C)(C)C)cc2)c2cc3c4c(c2)N(c2ccc(C(C)(C)C)cc2-c2ccccc2)c2c(ccc5oc6c(C(C)(C)C)cccc6c25)B4c2cc4c(cc2N3c2ccc3c(c2)C(C)(C)CCC3(C)C)C(C)(C)CCC4(C)C)cc1. The van der Waals surface area contributed by atoms with Gasteiger partial charge in [0.2, 0.25) is 0 Å². The van der Waals surface area contributed by atoms with Crippen molar-refractivity contribution in [2.45, 2.75) is 207 Å². The van der Waals surface area contributed by atoms with Crippen molar-refractivity contribution >= 4 is 96.2 Å². The minimum absolute atomic E-state index is 0.0191. The lowest BCUT2D eigenvalue weighted by Crippen LogP contribution is -2.62. The summed E-state index contributed by atoms with van der Waals surface area (Å²) >= 11 is 0. The molecule has 4 aliphatic rings. The van der Waals surface area contributed by atoms with Crippen molar-refractivity contribution in [2.24, 2.45) is 0 Å². The molecule has 464 valence electrons. The number of hydrogen-bond acceptors (Lipinski definition) is 4. The average molecular weight is 1200 g/mol. The highest BCUT2D eigenvalue weighted by Gasteiger charge is 2.49. The molecule has 2 aliphatic heterocycles. The summed E-state index contributed by atoms with van der Waals surface area (Å²) in [5, 5.41) is 2.28. The maximum Gasteiger partial charge on any atom is 0.252 e. The molecule has 0 amide bonds. The molecule has 0 saturated heterocycles. The van der Waals surface area contributed by atoms with Gasteiger partial charge < -0.3 is 19.1 Å². The molecule has 1 aromatic heterocycles. The van der Waals surface area contributed by atoms with Gasteiger partial charge in [-0.15, -0.1) is 0 Å². The maximum atomic E-state index is 7.38. The van der Waals surface area contributed by atoms with E-state index in [9.17, 15) is 0 Å².